The topological polar surface area (TPSA) is 24.9 Å². The van der Waals surface area contributed by atoms with Gasteiger partial charge in [0.25, 0.3) is 0 Å². The van der Waals surface area contributed by atoms with Crippen LogP contribution in [0.3, 0.4) is 0 Å². The maximum atomic E-state index is 4.80. The second kappa shape index (κ2) is 6.64. The Hall–Kier alpha value is 0.290. The van der Waals surface area contributed by atoms with Gasteiger partial charge >= 0.3 is 0 Å². The lowest BCUT2D eigenvalue weighted by molar-refractivity contribution is 0.599. The van der Waals surface area contributed by atoms with E-state index < -0.39 is 0 Å². The number of hydrogen-bond acceptors (Lipinski definition) is 5. The van der Waals surface area contributed by atoms with Gasteiger partial charge in [-0.1, -0.05) is 0 Å². The van der Waals surface area contributed by atoms with Crippen LogP contribution < -0.4 is 5.32 Å². The van der Waals surface area contributed by atoms with Crippen LogP contribution in [0.2, 0.25) is 0 Å². The van der Waals surface area contributed by atoms with Crippen molar-refractivity contribution in [2.24, 2.45) is 0 Å². The summed E-state index contributed by atoms with van der Waals surface area (Å²) in [6.45, 7) is 0.976. The van der Waals surface area contributed by atoms with Gasteiger partial charge in [0.05, 0.1) is 5.69 Å². The molecule has 1 N–H and O–H groups in total. The third-order valence-electron chi connectivity index (χ3n) is 3.44. The van der Waals surface area contributed by atoms with Gasteiger partial charge in [-0.05, 0) is 25.7 Å². The molecule has 0 spiro atoms. The summed E-state index contributed by atoms with van der Waals surface area (Å²) in [7, 11) is 0. The highest BCUT2D eigenvalue weighted by molar-refractivity contribution is 8.03. The summed E-state index contributed by atoms with van der Waals surface area (Å²) in [6.07, 6.45) is 5.17. The maximum absolute atomic E-state index is 4.80. The Labute approximate surface area is 122 Å². The van der Waals surface area contributed by atoms with Crippen LogP contribution in [-0.4, -0.2) is 34.0 Å². The number of aryl methyl sites for hydroxylation is 2. The van der Waals surface area contributed by atoms with Crippen LogP contribution in [0.1, 0.15) is 28.4 Å². The van der Waals surface area contributed by atoms with Gasteiger partial charge in [-0.2, -0.15) is 23.5 Å². The average molecular weight is 301 g/mol. The normalized spacial score (nSPS) is 21.6. The molecule has 0 unspecified atom stereocenters. The smallest absolute Gasteiger partial charge is 0.107 e. The quantitative estimate of drug-likeness (QED) is 0.928. The molecule has 2 heterocycles. The molecule has 2 nitrogen and oxygen atoms in total. The minimum atomic E-state index is 0.670. The predicted octanol–water partition coefficient (Wildman–Crippen LogP) is 2.96. The first kappa shape index (κ1) is 13.3. The van der Waals surface area contributed by atoms with Crippen molar-refractivity contribution in [1.29, 1.82) is 0 Å². The van der Waals surface area contributed by atoms with Gasteiger partial charge in [0.1, 0.15) is 5.01 Å². The zero-order valence-electron chi connectivity index (χ0n) is 10.6. The molecular formula is C13H20N2S3. The third-order valence-corrected chi connectivity index (χ3v) is 7.12. The monoisotopic (exact) mass is 300 g/mol. The van der Waals surface area contributed by atoms with Crippen LogP contribution in [0, 0.1) is 0 Å². The maximum Gasteiger partial charge on any atom is 0.107 e. The van der Waals surface area contributed by atoms with E-state index in [1.54, 1.807) is 4.88 Å². The summed E-state index contributed by atoms with van der Waals surface area (Å²) < 4.78 is 0. The van der Waals surface area contributed by atoms with E-state index >= 15 is 0 Å². The molecule has 100 valence electrons. The lowest BCUT2D eigenvalue weighted by Gasteiger charge is -2.13. The first-order chi connectivity index (χ1) is 8.92. The zero-order valence-corrected chi connectivity index (χ0v) is 13.1. The van der Waals surface area contributed by atoms with E-state index in [1.807, 2.05) is 11.3 Å². The molecule has 1 saturated heterocycles. The van der Waals surface area contributed by atoms with Crippen LogP contribution in [0.25, 0.3) is 0 Å². The minimum Gasteiger partial charge on any atom is -0.306 e. The van der Waals surface area contributed by atoms with Crippen molar-refractivity contribution in [3.05, 3.63) is 15.6 Å². The Morgan fingerprint density at radius 3 is 2.67 bits per heavy atom. The van der Waals surface area contributed by atoms with E-state index in [4.69, 9.17) is 4.98 Å². The third kappa shape index (κ3) is 3.44. The van der Waals surface area contributed by atoms with Gasteiger partial charge < -0.3 is 5.32 Å². The first-order valence-electron chi connectivity index (χ1n) is 6.78. The number of thiazole rings is 1. The van der Waals surface area contributed by atoms with Crippen molar-refractivity contribution in [2.75, 3.05) is 23.0 Å². The van der Waals surface area contributed by atoms with E-state index in [9.17, 15) is 0 Å². The molecule has 1 fully saturated rings. The Balaban J connectivity index is 1.54. The first-order valence-corrected chi connectivity index (χ1v) is 9.91. The van der Waals surface area contributed by atoms with Crippen LogP contribution in [-0.2, 0) is 19.4 Å². The van der Waals surface area contributed by atoms with Crippen molar-refractivity contribution in [1.82, 2.24) is 10.3 Å². The van der Waals surface area contributed by atoms with E-state index in [0.717, 1.165) is 6.54 Å². The molecule has 2 aliphatic rings. The highest BCUT2D eigenvalue weighted by Crippen LogP contribution is 2.26. The second-order valence-corrected chi connectivity index (χ2v) is 8.38. The zero-order chi connectivity index (χ0) is 12.2. The van der Waals surface area contributed by atoms with Crippen molar-refractivity contribution >= 4 is 34.9 Å². The van der Waals surface area contributed by atoms with Crippen LogP contribution in [0.4, 0.5) is 0 Å². The number of hydrogen-bond donors (Lipinski definition) is 1. The van der Waals surface area contributed by atoms with Crippen molar-refractivity contribution < 1.29 is 0 Å². The molecule has 3 rings (SSSR count). The summed E-state index contributed by atoms with van der Waals surface area (Å²) in [5.41, 5.74) is 1.40. The fourth-order valence-corrected chi connectivity index (χ4v) is 6.02. The molecule has 0 bridgehead atoms. The number of nitrogens with one attached hydrogen (secondary N) is 1. The molecule has 18 heavy (non-hydrogen) atoms. The van der Waals surface area contributed by atoms with Gasteiger partial charge in [-0.25, -0.2) is 4.98 Å². The standard InChI is InChI=1S/C13H20N2S3/c1-2-4-12-11(3-1)15-13(18-12)7-14-10-8-16-5-6-17-9-10/h10,14H,1-9H2. The van der Waals surface area contributed by atoms with Gasteiger partial charge in [0.2, 0.25) is 0 Å². The van der Waals surface area contributed by atoms with E-state index in [1.165, 1.54) is 59.4 Å². The number of rotatable bonds is 3. The van der Waals surface area contributed by atoms with Gasteiger partial charge in [0, 0.05) is 40.5 Å². The van der Waals surface area contributed by atoms with E-state index in [0.29, 0.717) is 6.04 Å². The van der Waals surface area contributed by atoms with E-state index in [-0.39, 0.29) is 0 Å². The fourth-order valence-electron chi connectivity index (χ4n) is 2.45. The molecule has 0 aromatic carbocycles. The lowest BCUT2D eigenvalue weighted by Crippen LogP contribution is -2.32. The summed E-state index contributed by atoms with van der Waals surface area (Å²) >= 11 is 6.11. The SMILES string of the molecule is C1CCc2sc(CNC3CSCCSC3)nc2C1. The summed E-state index contributed by atoms with van der Waals surface area (Å²) in [4.78, 5) is 6.36. The molecule has 1 aromatic heterocycles. The molecule has 0 amide bonds. The van der Waals surface area contributed by atoms with Crippen molar-refractivity contribution in [3.8, 4) is 0 Å². The number of fused-ring (bicyclic) bond motifs is 1. The molecule has 0 saturated carbocycles. The second-order valence-electron chi connectivity index (χ2n) is 4.91. The van der Waals surface area contributed by atoms with E-state index in [2.05, 4.69) is 28.8 Å². The van der Waals surface area contributed by atoms with Gasteiger partial charge in [-0.15, -0.1) is 11.3 Å². The Morgan fingerprint density at radius 2 is 1.89 bits per heavy atom. The van der Waals surface area contributed by atoms with Crippen molar-refractivity contribution in [3.63, 3.8) is 0 Å². The fraction of sp³-hybridized carbons (Fsp3) is 0.769. The number of nitrogens with zero attached hydrogens (tertiary/aromatic N) is 1. The Bertz CT molecular complexity index is 360. The number of aromatic nitrogens is 1. The molecule has 1 aliphatic carbocycles. The molecule has 1 aromatic rings. The van der Waals surface area contributed by atoms with Crippen LogP contribution in [0.5, 0.6) is 0 Å². The summed E-state index contributed by atoms with van der Waals surface area (Å²) in [5, 5.41) is 5.00. The van der Waals surface area contributed by atoms with Crippen LogP contribution in [0.15, 0.2) is 0 Å². The highest BCUT2D eigenvalue weighted by atomic mass is 32.2. The molecule has 5 heteroatoms. The molecule has 1 aliphatic heterocycles. The predicted molar refractivity (Wildman–Crippen MR) is 84.0 cm³/mol. The minimum absolute atomic E-state index is 0.670. The molecular weight excluding hydrogens is 280 g/mol. The van der Waals surface area contributed by atoms with Gasteiger partial charge in [-0.3, -0.25) is 0 Å². The lowest BCUT2D eigenvalue weighted by atomic mass is 10.0. The largest absolute Gasteiger partial charge is 0.306 e. The van der Waals surface area contributed by atoms with Gasteiger partial charge in [0.15, 0.2) is 0 Å². The summed E-state index contributed by atoms with van der Waals surface area (Å²) in [6, 6.07) is 0.670. The number of thioether (sulfide) groups is 2. The van der Waals surface area contributed by atoms with Crippen LogP contribution >= 0.6 is 34.9 Å². The molecule has 0 radical (unpaired) electrons. The Kier molecular flexibility index (Phi) is 4.90. The molecule has 0 atom stereocenters. The Morgan fingerprint density at radius 1 is 1.11 bits per heavy atom. The summed E-state index contributed by atoms with van der Waals surface area (Å²) in [5.74, 6) is 5.15. The van der Waals surface area contributed by atoms with Crippen molar-refractivity contribution in [2.45, 2.75) is 38.3 Å². The average Bonchev–Trinajstić information content (AvgIpc) is 2.63. The highest BCUT2D eigenvalue weighted by Gasteiger charge is 2.16.